The summed E-state index contributed by atoms with van der Waals surface area (Å²) in [5.74, 6) is 0.139. The molecule has 148 valence electrons. The first-order valence-electron chi connectivity index (χ1n) is 10.1. The third-order valence-electron chi connectivity index (χ3n) is 6.30. The smallest absolute Gasteiger partial charge is 0.240 e. The maximum Gasteiger partial charge on any atom is 0.240 e. The topological polar surface area (TPSA) is 43.8 Å². The van der Waals surface area contributed by atoms with Crippen molar-refractivity contribution in [3.8, 4) is 5.75 Å². The van der Waals surface area contributed by atoms with E-state index in [1.165, 1.54) is 0 Å². The van der Waals surface area contributed by atoms with Gasteiger partial charge in [0.15, 0.2) is 0 Å². The molecule has 4 unspecified atom stereocenters. The lowest BCUT2D eigenvalue weighted by molar-refractivity contribution is -0.134. The van der Waals surface area contributed by atoms with Gasteiger partial charge in [-0.2, -0.15) is 0 Å². The number of phenolic OH excluding ortho intramolecular Hbond substituents is 1. The fraction of sp³-hybridized carbons (Fsp3) is 0.435. The van der Waals surface area contributed by atoms with Gasteiger partial charge < -0.3 is 10.0 Å². The Hall–Kier alpha value is -2.40. The number of likely N-dealkylation sites (tertiary alicyclic amines) is 2. The van der Waals surface area contributed by atoms with Gasteiger partial charge >= 0.3 is 0 Å². The Bertz CT molecular complexity index is 811. The number of benzene rings is 2. The van der Waals surface area contributed by atoms with Gasteiger partial charge in [0, 0.05) is 19.0 Å². The first-order chi connectivity index (χ1) is 13.5. The van der Waals surface area contributed by atoms with Gasteiger partial charge in [-0.3, -0.25) is 9.69 Å². The number of amides is 1. The number of alkyl halides is 1. The van der Waals surface area contributed by atoms with Crippen molar-refractivity contribution >= 4 is 5.91 Å². The second-order valence-electron chi connectivity index (χ2n) is 7.92. The lowest BCUT2D eigenvalue weighted by Crippen LogP contribution is -2.49. The van der Waals surface area contributed by atoms with Crippen LogP contribution in [0.5, 0.6) is 5.75 Å². The number of aromatic hydroxyl groups is 1. The number of halogens is 1. The van der Waals surface area contributed by atoms with E-state index in [1.807, 2.05) is 40.1 Å². The van der Waals surface area contributed by atoms with Gasteiger partial charge in [-0.15, -0.1) is 0 Å². The van der Waals surface area contributed by atoms with Crippen molar-refractivity contribution in [2.75, 3.05) is 19.6 Å². The molecule has 0 aliphatic carbocycles. The van der Waals surface area contributed by atoms with E-state index in [-0.39, 0.29) is 36.2 Å². The summed E-state index contributed by atoms with van der Waals surface area (Å²) in [6.07, 6.45) is 0.433. The average molecular weight is 382 g/mol. The molecule has 2 aromatic carbocycles. The first-order valence-corrected chi connectivity index (χ1v) is 10.1. The zero-order valence-corrected chi connectivity index (χ0v) is 16.2. The number of rotatable bonds is 4. The molecule has 4 atom stereocenters. The van der Waals surface area contributed by atoms with Crippen LogP contribution in [-0.4, -0.2) is 52.7 Å². The number of phenols is 1. The summed E-state index contributed by atoms with van der Waals surface area (Å²) < 4.78 is 15.0. The van der Waals surface area contributed by atoms with Crippen LogP contribution in [0, 0.1) is 0 Å². The highest BCUT2D eigenvalue weighted by molar-refractivity contribution is 5.84. The molecule has 2 aromatic rings. The fourth-order valence-corrected chi connectivity index (χ4v) is 4.63. The molecule has 28 heavy (non-hydrogen) atoms. The maximum atomic E-state index is 15.0. The van der Waals surface area contributed by atoms with Gasteiger partial charge in [-0.1, -0.05) is 42.5 Å². The Morgan fingerprint density at radius 1 is 1.04 bits per heavy atom. The summed E-state index contributed by atoms with van der Waals surface area (Å²) in [7, 11) is 0. The molecule has 4 rings (SSSR count). The second-order valence-corrected chi connectivity index (χ2v) is 7.92. The van der Waals surface area contributed by atoms with E-state index in [2.05, 4.69) is 6.92 Å². The van der Waals surface area contributed by atoms with Crippen LogP contribution in [0.3, 0.4) is 0 Å². The molecule has 0 radical (unpaired) electrons. The van der Waals surface area contributed by atoms with E-state index in [0.717, 1.165) is 24.1 Å². The maximum absolute atomic E-state index is 15.0. The SMILES string of the molecule is CC(c1ccccc1)N1CCC(N2CCC(c3ccc(O)cc3)C(F)C2)C1=O. The first kappa shape index (κ1) is 18.9. The van der Waals surface area contributed by atoms with Crippen LogP contribution in [0.25, 0.3) is 0 Å². The quantitative estimate of drug-likeness (QED) is 0.873. The van der Waals surface area contributed by atoms with Crippen molar-refractivity contribution in [3.05, 3.63) is 65.7 Å². The van der Waals surface area contributed by atoms with E-state index >= 15 is 0 Å². The van der Waals surface area contributed by atoms with Crippen LogP contribution in [0.15, 0.2) is 54.6 Å². The fourth-order valence-electron chi connectivity index (χ4n) is 4.63. The third kappa shape index (κ3) is 3.63. The minimum atomic E-state index is -1.01. The molecule has 2 fully saturated rings. The molecule has 0 spiro atoms. The molecule has 1 amide bonds. The number of hydrogen-bond donors (Lipinski definition) is 1. The largest absolute Gasteiger partial charge is 0.508 e. The Morgan fingerprint density at radius 2 is 1.75 bits per heavy atom. The standard InChI is InChI=1S/C23H27FN2O2/c1-16(17-5-3-2-4-6-17)26-14-12-22(23(26)28)25-13-11-20(21(24)15-25)18-7-9-19(27)10-8-18/h2-10,16,20-22,27H,11-15H2,1H3. The zero-order valence-electron chi connectivity index (χ0n) is 16.2. The summed E-state index contributed by atoms with van der Waals surface area (Å²) in [6, 6.07) is 16.7. The van der Waals surface area contributed by atoms with E-state index < -0.39 is 6.17 Å². The van der Waals surface area contributed by atoms with Gasteiger partial charge in [0.2, 0.25) is 5.91 Å². The van der Waals surface area contributed by atoms with Crippen molar-refractivity contribution in [2.24, 2.45) is 0 Å². The van der Waals surface area contributed by atoms with Crippen molar-refractivity contribution in [1.29, 1.82) is 0 Å². The molecule has 2 saturated heterocycles. The molecular formula is C23H27FN2O2. The van der Waals surface area contributed by atoms with Gasteiger partial charge in [-0.05, 0) is 49.6 Å². The number of hydrogen-bond acceptors (Lipinski definition) is 3. The molecule has 0 saturated carbocycles. The van der Waals surface area contributed by atoms with E-state index in [1.54, 1.807) is 24.3 Å². The lowest BCUT2D eigenvalue weighted by Gasteiger charge is -2.38. The van der Waals surface area contributed by atoms with Gasteiger partial charge in [0.25, 0.3) is 0 Å². The van der Waals surface area contributed by atoms with Crippen LogP contribution < -0.4 is 0 Å². The predicted molar refractivity (Wildman–Crippen MR) is 107 cm³/mol. The Balaban J connectivity index is 1.41. The van der Waals surface area contributed by atoms with E-state index in [9.17, 15) is 14.3 Å². The molecule has 2 aliphatic rings. The van der Waals surface area contributed by atoms with Crippen molar-refractivity contribution in [2.45, 2.75) is 43.9 Å². The van der Waals surface area contributed by atoms with Crippen LogP contribution in [0.4, 0.5) is 4.39 Å². The number of carbonyl (C=O) groups excluding carboxylic acids is 1. The van der Waals surface area contributed by atoms with Gasteiger partial charge in [0.1, 0.15) is 11.9 Å². The van der Waals surface area contributed by atoms with Crippen LogP contribution >= 0.6 is 0 Å². The molecule has 4 nitrogen and oxygen atoms in total. The van der Waals surface area contributed by atoms with Gasteiger partial charge in [-0.25, -0.2) is 4.39 Å². The Kier molecular flexibility index (Phi) is 5.36. The monoisotopic (exact) mass is 382 g/mol. The highest BCUT2D eigenvalue weighted by Crippen LogP contribution is 2.35. The molecule has 5 heteroatoms. The lowest BCUT2D eigenvalue weighted by atomic mass is 9.87. The highest BCUT2D eigenvalue weighted by atomic mass is 19.1. The summed E-state index contributed by atoms with van der Waals surface area (Å²) >= 11 is 0. The average Bonchev–Trinajstić information content (AvgIpc) is 3.10. The predicted octanol–water partition coefficient (Wildman–Crippen LogP) is 3.88. The molecule has 2 heterocycles. The van der Waals surface area contributed by atoms with Crippen LogP contribution in [0.1, 0.15) is 42.9 Å². The molecule has 1 N–H and O–H groups in total. The third-order valence-corrected chi connectivity index (χ3v) is 6.30. The normalized spacial score (nSPS) is 27.1. The van der Waals surface area contributed by atoms with Crippen LogP contribution in [-0.2, 0) is 4.79 Å². The highest BCUT2D eigenvalue weighted by Gasteiger charge is 2.41. The molecule has 0 bridgehead atoms. The number of piperidine rings is 1. The molecule has 0 aromatic heterocycles. The Labute approximate surface area is 165 Å². The second kappa shape index (κ2) is 7.92. The van der Waals surface area contributed by atoms with Crippen molar-refractivity contribution in [3.63, 3.8) is 0 Å². The minimum Gasteiger partial charge on any atom is -0.508 e. The number of carbonyl (C=O) groups is 1. The Morgan fingerprint density at radius 3 is 2.43 bits per heavy atom. The zero-order chi connectivity index (χ0) is 19.7. The minimum absolute atomic E-state index is 0.0365. The van der Waals surface area contributed by atoms with Crippen LogP contribution in [0.2, 0.25) is 0 Å². The summed E-state index contributed by atoms with van der Waals surface area (Å²) in [6.45, 7) is 3.78. The van der Waals surface area contributed by atoms with Gasteiger partial charge in [0.05, 0.1) is 12.1 Å². The summed E-state index contributed by atoms with van der Waals surface area (Å²) in [5.41, 5.74) is 2.05. The van der Waals surface area contributed by atoms with E-state index in [0.29, 0.717) is 13.0 Å². The summed E-state index contributed by atoms with van der Waals surface area (Å²) in [5, 5.41) is 9.44. The van der Waals surface area contributed by atoms with E-state index in [4.69, 9.17) is 0 Å². The molecule has 2 aliphatic heterocycles. The molecular weight excluding hydrogens is 355 g/mol. The summed E-state index contributed by atoms with van der Waals surface area (Å²) in [4.78, 5) is 17.0. The van der Waals surface area contributed by atoms with Crippen molar-refractivity contribution < 1.29 is 14.3 Å². The number of nitrogens with zero attached hydrogens (tertiary/aromatic N) is 2. The van der Waals surface area contributed by atoms with Crippen molar-refractivity contribution in [1.82, 2.24) is 9.80 Å².